The van der Waals surface area contributed by atoms with Gasteiger partial charge in [-0.25, -0.2) is 9.97 Å². The highest BCUT2D eigenvalue weighted by Gasteiger charge is 2.06. The Morgan fingerprint density at radius 1 is 1.44 bits per heavy atom. The normalized spacial score (nSPS) is 12.3. The lowest BCUT2D eigenvalue weighted by Gasteiger charge is -2.19. The van der Waals surface area contributed by atoms with Crippen molar-refractivity contribution in [2.45, 2.75) is 27.2 Å². The van der Waals surface area contributed by atoms with Gasteiger partial charge in [0.15, 0.2) is 0 Å². The number of nitrogens with two attached hydrogens (primary N) is 1. The third-order valence-corrected chi connectivity index (χ3v) is 2.81. The van der Waals surface area contributed by atoms with Crippen LogP contribution in [0.15, 0.2) is 6.07 Å². The maximum absolute atomic E-state index is 5.60. The van der Waals surface area contributed by atoms with Crippen LogP contribution in [0.4, 0.5) is 11.6 Å². The monoisotopic (exact) mass is 251 g/mol. The van der Waals surface area contributed by atoms with Gasteiger partial charge in [0, 0.05) is 26.2 Å². The van der Waals surface area contributed by atoms with Gasteiger partial charge >= 0.3 is 0 Å². The van der Waals surface area contributed by atoms with E-state index in [2.05, 4.69) is 41.1 Å². The van der Waals surface area contributed by atoms with Gasteiger partial charge in [-0.2, -0.15) is 0 Å². The molecule has 0 bridgehead atoms. The van der Waals surface area contributed by atoms with Crippen LogP contribution in [-0.2, 0) is 0 Å². The highest BCUT2D eigenvalue weighted by Crippen LogP contribution is 2.15. The summed E-state index contributed by atoms with van der Waals surface area (Å²) in [5.41, 5.74) is 5.60. The molecule has 0 aliphatic carbocycles. The van der Waals surface area contributed by atoms with Crippen LogP contribution in [0, 0.1) is 12.8 Å². The Bertz CT molecular complexity index is 366. The van der Waals surface area contributed by atoms with Crippen molar-refractivity contribution in [3.8, 4) is 0 Å². The van der Waals surface area contributed by atoms with Gasteiger partial charge in [0.2, 0.25) is 0 Å². The molecule has 1 rings (SSSR count). The lowest BCUT2D eigenvalue weighted by Crippen LogP contribution is -2.22. The SMILES string of the molecule is CCCN(C)c1cc(NCC(C)CN)nc(C)n1. The van der Waals surface area contributed by atoms with Crippen LogP contribution in [0.25, 0.3) is 0 Å². The number of nitrogens with one attached hydrogen (secondary N) is 1. The van der Waals surface area contributed by atoms with E-state index in [1.807, 2.05) is 13.0 Å². The molecule has 0 aliphatic rings. The third-order valence-electron chi connectivity index (χ3n) is 2.81. The Morgan fingerprint density at radius 2 is 2.17 bits per heavy atom. The summed E-state index contributed by atoms with van der Waals surface area (Å²) in [5, 5.41) is 3.32. The molecule has 0 radical (unpaired) electrons. The summed E-state index contributed by atoms with van der Waals surface area (Å²) in [7, 11) is 2.05. The first kappa shape index (κ1) is 14.7. The topological polar surface area (TPSA) is 67.1 Å². The molecule has 1 heterocycles. The molecule has 1 unspecified atom stereocenters. The van der Waals surface area contributed by atoms with Gasteiger partial charge in [-0.15, -0.1) is 0 Å². The van der Waals surface area contributed by atoms with Gasteiger partial charge in [-0.05, 0) is 25.8 Å². The number of hydrogen-bond donors (Lipinski definition) is 2. The van der Waals surface area contributed by atoms with Gasteiger partial charge < -0.3 is 16.0 Å². The maximum Gasteiger partial charge on any atom is 0.134 e. The molecular formula is C13H25N5. The van der Waals surface area contributed by atoms with Crippen LogP contribution in [0.2, 0.25) is 0 Å². The Kier molecular flexibility index (Phi) is 5.85. The molecule has 5 nitrogen and oxygen atoms in total. The fourth-order valence-electron chi connectivity index (χ4n) is 1.65. The van der Waals surface area contributed by atoms with Crippen molar-refractivity contribution in [1.82, 2.24) is 9.97 Å². The van der Waals surface area contributed by atoms with Gasteiger partial charge in [0.05, 0.1) is 0 Å². The molecule has 102 valence electrons. The van der Waals surface area contributed by atoms with Gasteiger partial charge in [0.25, 0.3) is 0 Å². The summed E-state index contributed by atoms with van der Waals surface area (Å²) >= 11 is 0. The molecule has 0 aromatic carbocycles. The molecule has 0 saturated carbocycles. The predicted molar refractivity (Wildman–Crippen MR) is 77.0 cm³/mol. The van der Waals surface area contributed by atoms with E-state index in [1.54, 1.807) is 0 Å². The highest BCUT2D eigenvalue weighted by molar-refractivity contribution is 5.48. The predicted octanol–water partition coefficient (Wildman–Crippen LogP) is 1.64. The molecule has 1 atom stereocenters. The van der Waals surface area contributed by atoms with Crippen LogP contribution in [-0.4, -0.2) is 36.6 Å². The van der Waals surface area contributed by atoms with Crippen molar-refractivity contribution < 1.29 is 0 Å². The molecule has 0 spiro atoms. The van der Waals surface area contributed by atoms with Gasteiger partial charge in [-0.1, -0.05) is 13.8 Å². The average Bonchev–Trinajstić information content (AvgIpc) is 2.35. The lowest BCUT2D eigenvalue weighted by molar-refractivity contribution is 0.626. The van der Waals surface area contributed by atoms with Crippen LogP contribution in [0.5, 0.6) is 0 Å². The Balaban J connectivity index is 2.74. The summed E-state index contributed by atoms with van der Waals surface area (Å²) in [6.45, 7) is 8.71. The Morgan fingerprint density at radius 3 is 2.78 bits per heavy atom. The first-order valence-electron chi connectivity index (χ1n) is 6.57. The van der Waals surface area contributed by atoms with E-state index in [1.165, 1.54) is 0 Å². The molecule has 3 N–H and O–H groups in total. The van der Waals surface area contributed by atoms with Crippen LogP contribution in [0.3, 0.4) is 0 Å². The molecule has 5 heteroatoms. The Labute approximate surface area is 110 Å². The number of anilines is 2. The Hall–Kier alpha value is -1.36. The molecule has 0 saturated heterocycles. The number of nitrogens with zero attached hydrogens (tertiary/aromatic N) is 3. The summed E-state index contributed by atoms with van der Waals surface area (Å²) in [6, 6.07) is 1.99. The largest absolute Gasteiger partial charge is 0.370 e. The minimum absolute atomic E-state index is 0.442. The van der Waals surface area contributed by atoms with Gasteiger partial charge in [0.1, 0.15) is 17.5 Å². The van der Waals surface area contributed by atoms with E-state index in [0.29, 0.717) is 12.5 Å². The fourth-order valence-corrected chi connectivity index (χ4v) is 1.65. The number of rotatable bonds is 7. The highest BCUT2D eigenvalue weighted by atomic mass is 15.2. The van der Waals surface area contributed by atoms with E-state index >= 15 is 0 Å². The van der Waals surface area contributed by atoms with Crippen LogP contribution >= 0.6 is 0 Å². The van der Waals surface area contributed by atoms with Crippen LogP contribution < -0.4 is 16.0 Å². The summed E-state index contributed by atoms with van der Waals surface area (Å²) in [6.07, 6.45) is 1.10. The zero-order chi connectivity index (χ0) is 13.5. The average molecular weight is 251 g/mol. The third kappa shape index (κ3) is 4.49. The van der Waals surface area contributed by atoms with Gasteiger partial charge in [-0.3, -0.25) is 0 Å². The fraction of sp³-hybridized carbons (Fsp3) is 0.692. The molecular weight excluding hydrogens is 226 g/mol. The second-order valence-electron chi connectivity index (χ2n) is 4.80. The minimum atomic E-state index is 0.442. The first-order valence-corrected chi connectivity index (χ1v) is 6.57. The summed E-state index contributed by atoms with van der Waals surface area (Å²) < 4.78 is 0. The van der Waals surface area contributed by atoms with E-state index < -0.39 is 0 Å². The van der Waals surface area contributed by atoms with Crippen molar-refractivity contribution in [3.05, 3.63) is 11.9 Å². The second-order valence-corrected chi connectivity index (χ2v) is 4.80. The standard InChI is InChI=1S/C13H25N5/c1-5-6-18(4)13-7-12(16-11(3)17-13)15-9-10(2)8-14/h7,10H,5-6,8-9,14H2,1-4H3,(H,15,16,17). The second kappa shape index (κ2) is 7.16. The van der Waals surface area contributed by atoms with E-state index in [0.717, 1.165) is 37.0 Å². The van der Waals surface area contributed by atoms with Crippen molar-refractivity contribution in [1.29, 1.82) is 0 Å². The molecule has 0 amide bonds. The summed E-state index contributed by atoms with van der Waals surface area (Å²) in [5.74, 6) is 3.07. The van der Waals surface area contributed by atoms with E-state index in [-0.39, 0.29) is 0 Å². The van der Waals surface area contributed by atoms with Crippen LogP contribution in [0.1, 0.15) is 26.1 Å². The van der Waals surface area contributed by atoms with Crippen molar-refractivity contribution >= 4 is 11.6 Å². The lowest BCUT2D eigenvalue weighted by atomic mass is 10.2. The molecule has 1 aromatic rings. The van der Waals surface area contributed by atoms with Crippen molar-refractivity contribution in [3.63, 3.8) is 0 Å². The zero-order valence-electron chi connectivity index (χ0n) is 11.9. The quantitative estimate of drug-likeness (QED) is 0.771. The van der Waals surface area contributed by atoms with E-state index in [9.17, 15) is 0 Å². The minimum Gasteiger partial charge on any atom is -0.370 e. The number of aryl methyl sites for hydroxylation is 1. The number of aromatic nitrogens is 2. The smallest absolute Gasteiger partial charge is 0.134 e. The first-order chi connectivity index (χ1) is 8.56. The number of hydrogen-bond acceptors (Lipinski definition) is 5. The maximum atomic E-state index is 5.60. The molecule has 1 aromatic heterocycles. The van der Waals surface area contributed by atoms with Crippen molar-refractivity contribution in [2.24, 2.45) is 11.7 Å². The molecule has 0 aliphatic heterocycles. The van der Waals surface area contributed by atoms with E-state index in [4.69, 9.17) is 5.73 Å². The molecule has 0 fully saturated rings. The van der Waals surface area contributed by atoms with Crippen molar-refractivity contribution in [2.75, 3.05) is 36.9 Å². The summed E-state index contributed by atoms with van der Waals surface area (Å²) in [4.78, 5) is 11.0. The molecule has 18 heavy (non-hydrogen) atoms. The zero-order valence-corrected chi connectivity index (χ0v) is 11.9.